The first-order valence-corrected chi connectivity index (χ1v) is 8.35. The zero-order chi connectivity index (χ0) is 14.6. The SMILES string of the molecule is [CH2]CCOc1ccc(CCCCC)cc1CCCCC. The lowest BCUT2D eigenvalue weighted by atomic mass is 10.0. The van der Waals surface area contributed by atoms with Crippen LogP contribution in [0.25, 0.3) is 0 Å². The first-order chi connectivity index (χ1) is 9.81. The summed E-state index contributed by atoms with van der Waals surface area (Å²) in [4.78, 5) is 0. The van der Waals surface area contributed by atoms with Crippen molar-refractivity contribution in [3.8, 4) is 5.75 Å². The van der Waals surface area contributed by atoms with Crippen molar-refractivity contribution in [2.75, 3.05) is 6.61 Å². The molecule has 0 saturated carbocycles. The molecule has 0 N–H and O–H groups in total. The van der Waals surface area contributed by atoms with Crippen LogP contribution in [0.2, 0.25) is 0 Å². The fourth-order valence-electron chi connectivity index (χ4n) is 2.45. The number of unbranched alkanes of at least 4 members (excludes halogenated alkanes) is 4. The van der Waals surface area contributed by atoms with Gasteiger partial charge in [-0.2, -0.15) is 0 Å². The Balaban J connectivity index is 2.67. The van der Waals surface area contributed by atoms with Gasteiger partial charge in [-0.15, -0.1) is 0 Å². The number of rotatable bonds is 11. The largest absolute Gasteiger partial charge is 0.493 e. The zero-order valence-electron chi connectivity index (χ0n) is 13.4. The van der Waals surface area contributed by atoms with Crippen LogP contribution < -0.4 is 4.74 Å². The van der Waals surface area contributed by atoms with E-state index in [1.165, 1.54) is 56.1 Å². The molecule has 0 atom stereocenters. The average molecular weight is 275 g/mol. The van der Waals surface area contributed by atoms with Crippen LogP contribution in [0, 0.1) is 6.92 Å². The average Bonchev–Trinajstić information content (AvgIpc) is 2.47. The molecule has 0 bridgehead atoms. The summed E-state index contributed by atoms with van der Waals surface area (Å²) in [5.41, 5.74) is 2.85. The highest BCUT2D eigenvalue weighted by Gasteiger charge is 2.05. The molecule has 1 aromatic rings. The summed E-state index contributed by atoms with van der Waals surface area (Å²) >= 11 is 0. The fraction of sp³-hybridized carbons (Fsp3) is 0.632. The zero-order valence-corrected chi connectivity index (χ0v) is 13.4. The molecule has 0 fully saturated rings. The van der Waals surface area contributed by atoms with E-state index in [4.69, 9.17) is 4.74 Å². The molecule has 0 saturated heterocycles. The Kier molecular flexibility index (Phi) is 9.19. The first kappa shape index (κ1) is 17.1. The highest BCUT2D eigenvalue weighted by Crippen LogP contribution is 2.24. The van der Waals surface area contributed by atoms with Gasteiger partial charge >= 0.3 is 0 Å². The van der Waals surface area contributed by atoms with Crippen molar-refractivity contribution in [2.24, 2.45) is 0 Å². The van der Waals surface area contributed by atoms with Gasteiger partial charge in [0.25, 0.3) is 0 Å². The van der Waals surface area contributed by atoms with E-state index in [2.05, 4.69) is 39.0 Å². The molecule has 20 heavy (non-hydrogen) atoms. The lowest BCUT2D eigenvalue weighted by Crippen LogP contribution is -2.00. The van der Waals surface area contributed by atoms with E-state index in [9.17, 15) is 0 Å². The lowest BCUT2D eigenvalue weighted by Gasteiger charge is -2.13. The third-order valence-electron chi connectivity index (χ3n) is 3.65. The van der Waals surface area contributed by atoms with E-state index >= 15 is 0 Å². The van der Waals surface area contributed by atoms with E-state index in [0.717, 1.165) is 25.2 Å². The molecule has 0 amide bonds. The second-order valence-electron chi connectivity index (χ2n) is 5.56. The number of aryl methyl sites for hydroxylation is 2. The van der Waals surface area contributed by atoms with Gasteiger partial charge in [-0.3, -0.25) is 0 Å². The highest BCUT2D eigenvalue weighted by atomic mass is 16.5. The van der Waals surface area contributed by atoms with E-state index in [-0.39, 0.29) is 0 Å². The summed E-state index contributed by atoms with van der Waals surface area (Å²) in [5, 5.41) is 0. The number of benzene rings is 1. The molecular weight excluding hydrogens is 244 g/mol. The number of hydrogen-bond donors (Lipinski definition) is 0. The molecule has 0 aromatic heterocycles. The summed E-state index contributed by atoms with van der Waals surface area (Å²) in [7, 11) is 0. The van der Waals surface area contributed by atoms with Crippen LogP contribution in [0.5, 0.6) is 5.75 Å². The molecule has 0 aliphatic carbocycles. The van der Waals surface area contributed by atoms with Gasteiger partial charge in [-0.05, 0) is 56.2 Å². The molecule has 1 radical (unpaired) electrons. The highest BCUT2D eigenvalue weighted by molar-refractivity contribution is 5.37. The maximum atomic E-state index is 5.84. The minimum absolute atomic E-state index is 0.718. The first-order valence-electron chi connectivity index (χ1n) is 8.35. The monoisotopic (exact) mass is 275 g/mol. The van der Waals surface area contributed by atoms with Crippen molar-refractivity contribution in [1.29, 1.82) is 0 Å². The molecule has 1 heteroatoms. The Labute approximate surface area is 125 Å². The van der Waals surface area contributed by atoms with Crippen molar-refractivity contribution >= 4 is 0 Å². The van der Waals surface area contributed by atoms with Crippen molar-refractivity contribution in [3.63, 3.8) is 0 Å². The molecule has 0 unspecified atom stereocenters. The molecule has 1 aromatic carbocycles. The Morgan fingerprint density at radius 3 is 2.30 bits per heavy atom. The van der Waals surface area contributed by atoms with Crippen LogP contribution in [-0.2, 0) is 12.8 Å². The maximum Gasteiger partial charge on any atom is 0.122 e. The summed E-state index contributed by atoms with van der Waals surface area (Å²) in [6.45, 7) is 9.07. The van der Waals surface area contributed by atoms with Crippen molar-refractivity contribution in [1.82, 2.24) is 0 Å². The molecule has 0 heterocycles. The van der Waals surface area contributed by atoms with Gasteiger partial charge in [0.2, 0.25) is 0 Å². The molecule has 113 valence electrons. The Hall–Kier alpha value is -0.980. The van der Waals surface area contributed by atoms with Crippen LogP contribution in [0.1, 0.15) is 69.9 Å². The summed E-state index contributed by atoms with van der Waals surface area (Å²) in [6, 6.07) is 6.76. The third kappa shape index (κ3) is 6.45. The predicted octanol–water partition coefficient (Wildman–Crippen LogP) is 5.75. The molecule has 1 rings (SSSR count). The Morgan fingerprint density at radius 1 is 0.950 bits per heavy atom. The van der Waals surface area contributed by atoms with Gasteiger partial charge in [0.15, 0.2) is 0 Å². The Morgan fingerprint density at radius 2 is 1.65 bits per heavy atom. The van der Waals surface area contributed by atoms with Crippen LogP contribution in [0.15, 0.2) is 18.2 Å². The topological polar surface area (TPSA) is 9.23 Å². The van der Waals surface area contributed by atoms with E-state index in [0.29, 0.717) is 0 Å². The molecule has 0 spiro atoms. The summed E-state index contributed by atoms with van der Waals surface area (Å²) in [6.07, 6.45) is 10.9. The second kappa shape index (κ2) is 10.8. The lowest BCUT2D eigenvalue weighted by molar-refractivity contribution is 0.320. The third-order valence-corrected chi connectivity index (χ3v) is 3.65. The van der Waals surface area contributed by atoms with Gasteiger partial charge in [-0.1, -0.05) is 51.7 Å². The van der Waals surface area contributed by atoms with E-state index in [1.54, 1.807) is 0 Å². The molecule has 0 aliphatic heterocycles. The van der Waals surface area contributed by atoms with Crippen LogP contribution in [0.4, 0.5) is 0 Å². The quantitative estimate of drug-likeness (QED) is 0.467. The van der Waals surface area contributed by atoms with Crippen LogP contribution in [0.3, 0.4) is 0 Å². The van der Waals surface area contributed by atoms with Crippen molar-refractivity contribution < 1.29 is 4.74 Å². The fourth-order valence-corrected chi connectivity index (χ4v) is 2.45. The normalized spacial score (nSPS) is 10.8. The van der Waals surface area contributed by atoms with Gasteiger partial charge in [0, 0.05) is 0 Å². The number of hydrogen-bond acceptors (Lipinski definition) is 1. The number of ether oxygens (including phenoxy) is 1. The van der Waals surface area contributed by atoms with Gasteiger partial charge in [0.05, 0.1) is 6.61 Å². The second-order valence-corrected chi connectivity index (χ2v) is 5.56. The molecule has 0 aliphatic rings. The minimum atomic E-state index is 0.718. The Bertz CT molecular complexity index is 357. The van der Waals surface area contributed by atoms with E-state index < -0.39 is 0 Å². The smallest absolute Gasteiger partial charge is 0.122 e. The van der Waals surface area contributed by atoms with Gasteiger partial charge in [0.1, 0.15) is 5.75 Å². The minimum Gasteiger partial charge on any atom is -0.493 e. The maximum absolute atomic E-state index is 5.84. The summed E-state index contributed by atoms with van der Waals surface area (Å²) < 4.78 is 5.84. The molecule has 1 nitrogen and oxygen atoms in total. The van der Waals surface area contributed by atoms with Gasteiger partial charge < -0.3 is 4.74 Å². The van der Waals surface area contributed by atoms with Crippen molar-refractivity contribution in [2.45, 2.75) is 71.6 Å². The standard InChI is InChI=1S/C19H31O/c1-4-7-9-11-17-13-14-19(20-15-6-3)18(16-17)12-10-8-5-2/h13-14,16H,3-12,15H2,1-2H3. The van der Waals surface area contributed by atoms with Crippen LogP contribution in [-0.4, -0.2) is 6.61 Å². The van der Waals surface area contributed by atoms with Gasteiger partial charge in [-0.25, -0.2) is 0 Å². The predicted molar refractivity (Wildman–Crippen MR) is 88.4 cm³/mol. The van der Waals surface area contributed by atoms with E-state index in [1.807, 2.05) is 0 Å². The summed E-state index contributed by atoms with van der Waals surface area (Å²) in [5.74, 6) is 1.07. The van der Waals surface area contributed by atoms with Crippen molar-refractivity contribution in [3.05, 3.63) is 36.2 Å². The van der Waals surface area contributed by atoms with Crippen LogP contribution >= 0.6 is 0 Å². The molecular formula is C19H31O.